The smallest absolute Gasteiger partial charge is 0.289 e. The second-order valence-electron chi connectivity index (χ2n) is 5.71. The lowest BCUT2D eigenvalue weighted by atomic mass is 10.2. The summed E-state index contributed by atoms with van der Waals surface area (Å²) in [6, 6.07) is 8.55. The molecule has 0 aliphatic carbocycles. The van der Waals surface area contributed by atoms with E-state index in [9.17, 15) is 9.59 Å². The number of carbonyl (C=O) groups excluding carboxylic acids is 2. The number of piperazine rings is 1. The maximum atomic E-state index is 12.6. The molecule has 8 nitrogen and oxygen atoms in total. The summed E-state index contributed by atoms with van der Waals surface area (Å²) in [6.07, 6.45) is 3.04. The summed E-state index contributed by atoms with van der Waals surface area (Å²) in [5.41, 5.74) is 0.984. The molecule has 0 spiro atoms. The molecule has 1 saturated heterocycles. The van der Waals surface area contributed by atoms with Crippen molar-refractivity contribution in [1.29, 1.82) is 0 Å². The van der Waals surface area contributed by atoms with E-state index in [4.69, 9.17) is 8.83 Å². The molecule has 2 amide bonds. The zero-order valence-corrected chi connectivity index (χ0v) is 13.3. The van der Waals surface area contributed by atoms with Crippen LogP contribution in [0.2, 0.25) is 0 Å². The highest BCUT2D eigenvalue weighted by Gasteiger charge is 2.27. The van der Waals surface area contributed by atoms with E-state index in [1.807, 2.05) is 0 Å². The predicted molar refractivity (Wildman–Crippen MR) is 86.8 cm³/mol. The van der Waals surface area contributed by atoms with Gasteiger partial charge in [0.1, 0.15) is 5.69 Å². The number of H-pyrrole nitrogens is 1. The molecule has 1 N–H and O–H groups in total. The van der Waals surface area contributed by atoms with Crippen LogP contribution in [0.1, 0.15) is 21.0 Å². The van der Waals surface area contributed by atoms with Gasteiger partial charge in [-0.05, 0) is 24.3 Å². The van der Waals surface area contributed by atoms with Gasteiger partial charge in [0.25, 0.3) is 11.8 Å². The summed E-state index contributed by atoms with van der Waals surface area (Å²) in [7, 11) is 0. The number of amides is 2. The Morgan fingerprint density at radius 3 is 2.28 bits per heavy atom. The SMILES string of the molecule is O=C(c1cc(-c2ccco2)[nH]n1)N1CCN(C(=O)c2ccco2)CC1. The van der Waals surface area contributed by atoms with Crippen LogP contribution in [0.3, 0.4) is 0 Å². The monoisotopic (exact) mass is 340 g/mol. The van der Waals surface area contributed by atoms with Gasteiger partial charge in [0.15, 0.2) is 17.2 Å². The lowest BCUT2D eigenvalue weighted by Gasteiger charge is -2.33. The number of hydrogen-bond acceptors (Lipinski definition) is 5. The number of nitrogens with one attached hydrogen (secondary N) is 1. The van der Waals surface area contributed by atoms with Gasteiger partial charge in [-0.25, -0.2) is 0 Å². The van der Waals surface area contributed by atoms with Crippen molar-refractivity contribution in [3.05, 3.63) is 54.3 Å². The average molecular weight is 340 g/mol. The third-order valence-corrected chi connectivity index (χ3v) is 4.17. The number of nitrogens with zero attached hydrogens (tertiary/aromatic N) is 3. The molecule has 0 radical (unpaired) electrons. The van der Waals surface area contributed by atoms with Crippen LogP contribution < -0.4 is 0 Å². The Morgan fingerprint density at radius 1 is 0.960 bits per heavy atom. The van der Waals surface area contributed by atoms with E-state index >= 15 is 0 Å². The van der Waals surface area contributed by atoms with E-state index in [0.717, 1.165) is 0 Å². The van der Waals surface area contributed by atoms with E-state index in [1.165, 1.54) is 6.26 Å². The van der Waals surface area contributed by atoms with Gasteiger partial charge in [-0.15, -0.1) is 0 Å². The van der Waals surface area contributed by atoms with Gasteiger partial charge >= 0.3 is 0 Å². The van der Waals surface area contributed by atoms with E-state index in [-0.39, 0.29) is 11.8 Å². The lowest BCUT2D eigenvalue weighted by Crippen LogP contribution is -2.50. The summed E-state index contributed by atoms with van der Waals surface area (Å²) < 4.78 is 10.4. The molecule has 0 bridgehead atoms. The zero-order chi connectivity index (χ0) is 17.2. The summed E-state index contributed by atoms with van der Waals surface area (Å²) >= 11 is 0. The first kappa shape index (κ1) is 15.3. The van der Waals surface area contributed by atoms with E-state index in [0.29, 0.717) is 49.1 Å². The molecule has 1 fully saturated rings. The highest BCUT2D eigenvalue weighted by molar-refractivity contribution is 5.94. The van der Waals surface area contributed by atoms with Gasteiger partial charge in [0.05, 0.1) is 12.5 Å². The number of furan rings is 2. The molecular formula is C17H16N4O4. The van der Waals surface area contributed by atoms with Crippen molar-refractivity contribution >= 4 is 11.8 Å². The van der Waals surface area contributed by atoms with Gasteiger partial charge in [-0.3, -0.25) is 14.7 Å². The summed E-state index contributed by atoms with van der Waals surface area (Å²) in [6.45, 7) is 1.82. The van der Waals surface area contributed by atoms with Crippen molar-refractivity contribution in [3.8, 4) is 11.5 Å². The number of rotatable bonds is 3. The van der Waals surface area contributed by atoms with Gasteiger partial charge in [-0.2, -0.15) is 5.10 Å². The van der Waals surface area contributed by atoms with Crippen LogP contribution >= 0.6 is 0 Å². The van der Waals surface area contributed by atoms with E-state index in [2.05, 4.69) is 10.2 Å². The molecule has 0 atom stereocenters. The second-order valence-corrected chi connectivity index (χ2v) is 5.71. The minimum absolute atomic E-state index is 0.156. The molecule has 128 valence electrons. The fraction of sp³-hybridized carbons (Fsp3) is 0.235. The number of hydrogen-bond donors (Lipinski definition) is 1. The molecule has 0 saturated carbocycles. The average Bonchev–Trinajstić information content (AvgIpc) is 3.42. The molecule has 4 rings (SSSR count). The summed E-state index contributed by atoms with van der Waals surface area (Å²) in [5, 5.41) is 6.88. The molecule has 0 aromatic carbocycles. The largest absolute Gasteiger partial charge is 0.463 e. The van der Waals surface area contributed by atoms with Gasteiger partial charge in [0.2, 0.25) is 0 Å². The predicted octanol–water partition coefficient (Wildman–Crippen LogP) is 1.86. The molecular weight excluding hydrogens is 324 g/mol. The highest BCUT2D eigenvalue weighted by Crippen LogP contribution is 2.19. The van der Waals surface area contributed by atoms with Crippen LogP contribution in [0.4, 0.5) is 0 Å². The summed E-state index contributed by atoms with van der Waals surface area (Å²) in [4.78, 5) is 28.2. The first-order chi connectivity index (χ1) is 12.2. The maximum Gasteiger partial charge on any atom is 0.289 e. The zero-order valence-electron chi connectivity index (χ0n) is 13.3. The van der Waals surface area contributed by atoms with Crippen molar-refractivity contribution in [2.45, 2.75) is 0 Å². The summed E-state index contributed by atoms with van der Waals surface area (Å²) in [5.74, 6) is 0.617. The molecule has 25 heavy (non-hydrogen) atoms. The molecule has 1 aliphatic rings. The molecule has 1 aliphatic heterocycles. The molecule has 8 heteroatoms. The highest BCUT2D eigenvalue weighted by atomic mass is 16.3. The van der Waals surface area contributed by atoms with Crippen molar-refractivity contribution in [1.82, 2.24) is 20.0 Å². The van der Waals surface area contributed by atoms with Crippen molar-refractivity contribution in [2.75, 3.05) is 26.2 Å². The normalized spacial score (nSPS) is 14.7. The van der Waals surface area contributed by atoms with Crippen LogP contribution in [-0.2, 0) is 0 Å². The molecule has 4 heterocycles. The quantitative estimate of drug-likeness (QED) is 0.785. The Bertz CT molecular complexity index is 859. The fourth-order valence-corrected chi connectivity index (χ4v) is 2.82. The Balaban J connectivity index is 1.39. The van der Waals surface area contributed by atoms with Crippen LogP contribution in [0, 0.1) is 0 Å². The second kappa shape index (κ2) is 6.31. The maximum absolute atomic E-state index is 12.6. The molecule has 0 unspecified atom stereocenters. The molecule has 3 aromatic heterocycles. The van der Waals surface area contributed by atoms with E-state index < -0.39 is 0 Å². The lowest BCUT2D eigenvalue weighted by molar-refractivity contribution is 0.0515. The van der Waals surface area contributed by atoms with Crippen LogP contribution in [0.15, 0.2) is 51.7 Å². The van der Waals surface area contributed by atoms with Gasteiger partial charge in [-0.1, -0.05) is 0 Å². The van der Waals surface area contributed by atoms with Crippen LogP contribution in [-0.4, -0.2) is 58.0 Å². The molecule has 3 aromatic rings. The number of aromatic nitrogens is 2. The topological polar surface area (TPSA) is 95.6 Å². The standard InChI is InChI=1S/C17H16N4O4/c22-16(13-11-12(18-19-13)14-3-1-9-24-14)20-5-7-21(8-6-20)17(23)15-4-2-10-25-15/h1-4,9-11H,5-8H2,(H,18,19). The first-order valence-electron chi connectivity index (χ1n) is 7.94. The Hall–Kier alpha value is -3.29. The minimum Gasteiger partial charge on any atom is -0.463 e. The number of carbonyl (C=O) groups is 2. The minimum atomic E-state index is -0.167. The van der Waals surface area contributed by atoms with E-state index in [1.54, 1.807) is 46.4 Å². The van der Waals surface area contributed by atoms with Crippen molar-refractivity contribution in [2.24, 2.45) is 0 Å². The third-order valence-electron chi connectivity index (χ3n) is 4.17. The Morgan fingerprint density at radius 2 is 1.64 bits per heavy atom. The Labute approximate surface area is 143 Å². The van der Waals surface area contributed by atoms with Crippen LogP contribution in [0.5, 0.6) is 0 Å². The Kier molecular flexibility index (Phi) is 3.85. The third kappa shape index (κ3) is 2.93. The van der Waals surface area contributed by atoms with Crippen LogP contribution in [0.25, 0.3) is 11.5 Å². The van der Waals surface area contributed by atoms with Gasteiger partial charge < -0.3 is 18.6 Å². The van der Waals surface area contributed by atoms with Crippen molar-refractivity contribution < 1.29 is 18.4 Å². The number of aromatic amines is 1. The van der Waals surface area contributed by atoms with Gasteiger partial charge in [0, 0.05) is 32.2 Å². The van der Waals surface area contributed by atoms with Crippen molar-refractivity contribution in [3.63, 3.8) is 0 Å². The first-order valence-corrected chi connectivity index (χ1v) is 7.94. The fourth-order valence-electron chi connectivity index (χ4n) is 2.82.